The molecule has 0 aliphatic heterocycles. The highest BCUT2D eigenvalue weighted by Gasteiger charge is 2.21. The molecule has 154 valence electrons. The molecule has 1 aromatic carbocycles. The smallest absolute Gasteiger partial charge is 0.357 e. The van der Waals surface area contributed by atoms with Crippen LogP contribution in [0.3, 0.4) is 0 Å². The van der Waals surface area contributed by atoms with Crippen molar-refractivity contribution in [2.75, 3.05) is 13.7 Å². The molecule has 0 aliphatic carbocycles. The normalized spacial score (nSPS) is 10.9. The highest BCUT2D eigenvalue weighted by molar-refractivity contribution is 7.98. The van der Waals surface area contributed by atoms with Gasteiger partial charge in [-0.3, -0.25) is 4.57 Å². The first-order valence-electron chi connectivity index (χ1n) is 9.08. The number of carbonyl (C=O) groups is 1. The molecule has 0 unspecified atom stereocenters. The van der Waals surface area contributed by atoms with Gasteiger partial charge in [0.05, 0.1) is 31.4 Å². The molecule has 4 aromatic rings. The Hall–Kier alpha value is -3.11. The van der Waals surface area contributed by atoms with E-state index in [1.54, 1.807) is 31.7 Å². The molecule has 0 spiro atoms. The summed E-state index contributed by atoms with van der Waals surface area (Å²) in [4.78, 5) is 16.2. The van der Waals surface area contributed by atoms with Crippen LogP contribution >= 0.6 is 23.1 Å². The monoisotopic (exact) mass is 442 g/mol. The summed E-state index contributed by atoms with van der Waals surface area (Å²) in [6.45, 7) is 2.08. The molecule has 3 aromatic heterocycles. The first-order valence-corrected chi connectivity index (χ1v) is 10.9. The van der Waals surface area contributed by atoms with Crippen LogP contribution in [-0.4, -0.2) is 39.4 Å². The molecule has 0 saturated carbocycles. The van der Waals surface area contributed by atoms with Crippen molar-refractivity contribution in [3.05, 3.63) is 58.7 Å². The van der Waals surface area contributed by atoms with Gasteiger partial charge in [-0.1, -0.05) is 23.9 Å². The summed E-state index contributed by atoms with van der Waals surface area (Å²) in [7, 11) is 1.62. The molecular formula is C20H18N4O4S2. The zero-order chi connectivity index (χ0) is 20.9. The van der Waals surface area contributed by atoms with Crippen LogP contribution in [0, 0.1) is 0 Å². The van der Waals surface area contributed by atoms with Crippen LogP contribution in [0.1, 0.15) is 22.4 Å². The maximum atomic E-state index is 11.8. The van der Waals surface area contributed by atoms with Gasteiger partial charge in [-0.05, 0) is 31.2 Å². The fourth-order valence-corrected chi connectivity index (χ4v) is 4.49. The van der Waals surface area contributed by atoms with Crippen molar-refractivity contribution < 1.29 is 18.7 Å². The van der Waals surface area contributed by atoms with Crippen LogP contribution in [0.2, 0.25) is 0 Å². The minimum absolute atomic E-state index is 0.317. The molecule has 0 aliphatic rings. The molecule has 30 heavy (non-hydrogen) atoms. The molecule has 0 atom stereocenters. The molecule has 0 bridgehead atoms. The zero-order valence-electron chi connectivity index (χ0n) is 16.3. The maximum Gasteiger partial charge on any atom is 0.357 e. The Morgan fingerprint density at radius 1 is 1.23 bits per heavy atom. The number of furan rings is 1. The van der Waals surface area contributed by atoms with Gasteiger partial charge in [0, 0.05) is 5.38 Å². The number of thiazole rings is 1. The summed E-state index contributed by atoms with van der Waals surface area (Å²) < 4.78 is 18.0. The highest BCUT2D eigenvalue weighted by atomic mass is 32.2. The van der Waals surface area contributed by atoms with Crippen LogP contribution in [0.4, 0.5) is 0 Å². The number of hydrogen-bond donors (Lipinski definition) is 0. The van der Waals surface area contributed by atoms with Crippen molar-refractivity contribution in [1.82, 2.24) is 19.7 Å². The summed E-state index contributed by atoms with van der Waals surface area (Å²) in [6.07, 6.45) is 1.59. The third kappa shape index (κ3) is 4.10. The lowest BCUT2D eigenvalue weighted by molar-refractivity contribution is 0.0520. The van der Waals surface area contributed by atoms with E-state index in [9.17, 15) is 4.79 Å². The first kappa shape index (κ1) is 20.2. The van der Waals surface area contributed by atoms with Gasteiger partial charge in [0.2, 0.25) is 5.82 Å². The number of hydrogen-bond acceptors (Lipinski definition) is 9. The number of para-hydroxylation sites is 2. The minimum atomic E-state index is -0.415. The molecule has 0 amide bonds. The molecule has 0 radical (unpaired) electrons. The van der Waals surface area contributed by atoms with E-state index in [4.69, 9.17) is 13.9 Å². The number of rotatable bonds is 8. The van der Waals surface area contributed by atoms with Gasteiger partial charge in [0.1, 0.15) is 10.8 Å². The largest absolute Gasteiger partial charge is 0.495 e. The van der Waals surface area contributed by atoms with Crippen molar-refractivity contribution in [2.24, 2.45) is 0 Å². The third-order valence-corrected chi connectivity index (χ3v) is 6.03. The Kier molecular flexibility index (Phi) is 6.15. The quantitative estimate of drug-likeness (QED) is 0.292. The van der Waals surface area contributed by atoms with Crippen LogP contribution in [0.25, 0.3) is 17.3 Å². The second kappa shape index (κ2) is 9.14. The van der Waals surface area contributed by atoms with Gasteiger partial charge in [-0.15, -0.1) is 21.5 Å². The fourth-order valence-electron chi connectivity index (χ4n) is 2.76. The average Bonchev–Trinajstić information content (AvgIpc) is 3.52. The number of esters is 1. The number of ether oxygens (including phenoxy) is 2. The van der Waals surface area contributed by atoms with Gasteiger partial charge >= 0.3 is 5.97 Å². The van der Waals surface area contributed by atoms with Crippen molar-refractivity contribution in [2.45, 2.75) is 17.8 Å². The van der Waals surface area contributed by atoms with E-state index < -0.39 is 5.97 Å². The van der Waals surface area contributed by atoms with Crippen LogP contribution in [0.15, 0.2) is 57.6 Å². The van der Waals surface area contributed by atoms with Gasteiger partial charge in [-0.25, -0.2) is 9.78 Å². The molecule has 4 rings (SSSR count). The van der Waals surface area contributed by atoms with E-state index in [0.29, 0.717) is 40.5 Å². The number of aromatic nitrogens is 4. The summed E-state index contributed by atoms with van der Waals surface area (Å²) in [6, 6.07) is 11.3. The maximum absolute atomic E-state index is 11.8. The Bertz CT molecular complexity index is 1140. The van der Waals surface area contributed by atoms with Crippen LogP contribution in [0.5, 0.6) is 5.75 Å². The Morgan fingerprint density at radius 2 is 2.10 bits per heavy atom. The summed E-state index contributed by atoms with van der Waals surface area (Å²) in [5.41, 5.74) is 1.12. The Labute approximate surface area is 180 Å². The lowest BCUT2D eigenvalue weighted by atomic mass is 10.3. The van der Waals surface area contributed by atoms with Gasteiger partial charge in [0.25, 0.3) is 0 Å². The molecule has 0 saturated heterocycles. The first-order chi connectivity index (χ1) is 14.7. The summed E-state index contributed by atoms with van der Waals surface area (Å²) in [5.74, 6) is 1.96. The van der Waals surface area contributed by atoms with Crippen molar-refractivity contribution >= 4 is 29.1 Å². The van der Waals surface area contributed by atoms with Crippen molar-refractivity contribution in [3.8, 4) is 23.0 Å². The second-order valence-electron chi connectivity index (χ2n) is 5.93. The lowest BCUT2D eigenvalue weighted by Gasteiger charge is -2.12. The van der Waals surface area contributed by atoms with Gasteiger partial charge < -0.3 is 13.9 Å². The third-order valence-electron chi connectivity index (χ3n) is 4.06. The summed E-state index contributed by atoms with van der Waals surface area (Å²) in [5, 5.41) is 11.8. The number of carbonyl (C=O) groups excluding carboxylic acids is 1. The molecule has 10 heteroatoms. The van der Waals surface area contributed by atoms with E-state index in [1.165, 1.54) is 23.1 Å². The number of benzene rings is 1. The second-order valence-corrected chi connectivity index (χ2v) is 7.81. The molecule has 0 fully saturated rings. The van der Waals surface area contributed by atoms with Crippen molar-refractivity contribution in [1.29, 1.82) is 0 Å². The average molecular weight is 443 g/mol. The Morgan fingerprint density at radius 3 is 2.87 bits per heavy atom. The SMILES string of the molecule is CCOC(=O)c1csc(CSc2nnc(-c3ccco3)n2-c2ccccc2OC)n1. The van der Waals surface area contributed by atoms with Crippen LogP contribution in [-0.2, 0) is 10.5 Å². The highest BCUT2D eigenvalue weighted by Crippen LogP contribution is 2.34. The predicted octanol–water partition coefficient (Wildman–Crippen LogP) is 4.46. The molecular weight excluding hydrogens is 424 g/mol. The van der Waals surface area contributed by atoms with E-state index >= 15 is 0 Å². The van der Waals surface area contributed by atoms with Gasteiger partial charge in [0.15, 0.2) is 16.6 Å². The number of nitrogens with zero attached hydrogens (tertiary/aromatic N) is 4. The zero-order valence-corrected chi connectivity index (χ0v) is 17.9. The molecule has 8 nitrogen and oxygen atoms in total. The topological polar surface area (TPSA) is 92.3 Å². The number of methoxy groups -OCH3 is 1. The lowest BCUT2D eigenvalue weighted by Crippen LogP contribution is -2.05. The fraction of sp³-hybridized carbons (Fsp3) is 0.200. The van der Waals surface area contributed by atoms with E-state index in [1.807, 2.05) is 34.9 Å². The van der Waals surface area contributed by atoms with E-state index in [0.717, 1.165) is 10.7 Å². The van der Waals surface area contributed by atoms with E-state index in [2.05, 4.69) is 15.2 Å². The Balaban J connectivity index is 1.65. The standard InChI is InChI=1S/C20H18N4O4S2/c1-3-27-19(25)13-11-29-17(21-13)12-30-20-23-22-18(16-9-6-10-28-16)24(20)14-7-4-5-8-15(14)26-2/h4-11H,3,12H2,1-2H3. The minimum Gasteiger partial charge on any atom is -0.495 e. The predicted molar refractivity (Wildman–Crippen MR) is 113 cm³/mol. The van der Waals surface area contributed by atoms with Gasteiger partial charge in [-0.2, -0.15) is 0 Å². The number of thioether (sulfide) groups is 1. The summed E-state index contributed by atoms with van der Waals surface area (Å²) >= 11 is 2.86. The van der Waals surface area contributed by atoms with Crippen LogP contribution < -0.4 is 4.74 Å². The molecule has 3 heterocycles. The molecule has 0 N–H and O–H groups in total. The van der Waals surface area contributed by atoms with E-state index in [-0.39, 0.29) is 0 Å². The van der Waals surface area contributed by atoms with Crippen molar-refractivity contribution in [3.63, 3.8) is 0 Å².